The number of amides is 1. The van der Waals surface area contributed by atoms with Gasteiger partial charge in [0.2, 0.25) is 11.7 Å². The fraction of sp³-hybridized carbons (Fsp3) is 0.278. The number of hydrogen-bond acceptors (Lipinski definition) is 7. The summed E-state index contributed by atoms with van der Waals surface area (Å²) in [5, 5.41) is 17.7. The van der Waals surface area contributed by atoms with Gasteiger partial charge in [0.1, 0.15) is 6.04 Å². The predicted octanol–water partition coefficient (Wildman–Crippen LogP) is 3.76. The smallest absolute Gasteiger partial charge is 0.270 e. The number of hydrogen-bond donors (Lipinski definition) is 1. The van der Waals surface area contributed by atoms with Gasteiger partial charge in [0.25, 0.3) is 11.6 Å². The van der Waals surface area contributed by atoms with Gasteiger partial charge < -0.3 is 14.3 Å². The number of nitro benzene ring substituents is 1. The van der Waals surface area contributed by atoms with Crippen molar-refractivity contribution in [2.45, 2.75) is 26.3 Å². The molecule has 140 valence electrons. The van der Waals surface area contributed by atoms with Crippen LogP contribution in [0, 0.1) is 16.0 Å². The molecule has 0 saturated carbocycles. The molecule has 2 heterocycles. The Morgan fingerprint density at radius 3 is 2.81 bits per heavy atom. The SMILES string of the molecule is CC[C@H](C)[C@H](NC(=O)c1cccc([N+](=O)[O-])c1)c1nc(-c2ccco2)no1. The molecule has 3 aromatic rings. The van der Waals surface area contributed by atoms with Gasteiger partial charge in [0.05, 0.1) is 11.2 Å². The first-order chi connectivity index (χ1) is 13.0. The first-order valence-electron chi connectivity index (χ1n) is 8.42. The predicted molar refractivity (Wildman–Crippen MR) is 94.8 cm³/mol. The fourth-order valence-electron chi connectivity index (χ4n) is 2.54. The maximum Gasteiger partial charge on any atom is 0.270 e. The van der Waals surface area contributed by atoms with Crippen molar-refractivity contribution < 1.29 is 18.7 Å². The Balaban J connectivity index is 1.84. The van der Waals surface area contributed by atoms with Gasteiger partial charge in [-0.15, -0.1) is 0 Å². The molecule has 0 bridgehead atoms. The number of nitrogens with zero attached hydrogens (tertiary/aromatic N) is 3. The Kier molecular flexibility index (Phi) is 5.30. The maximum absolute atomic E-state index is 12.6. The second kappa shape index (κ2) is 7.81. The first-order valence-corrected chi connectivity index (χ1v) is 8.42. The molecule has 0 fully saturated rings. The lowest BCUT2D eigenvalue weighted by molar-refractivity contribution is -0.384. The summed E-state index contributed by atoms with van der Waals surface area (Å²) >= 11 is 0. The Labute approximate surface area is 154 Å². The van der Waals surface area contributed by atoms with Gasteiger partial charge in [-0.3, -0.25) is 14.9 Å². The minimum atomic E-state index is -0.545. The lowest BCUT2D eigenvalue weighted by atomic mass is 9.98. The highest BCUT2D eigenvalue weighted by molar-refractivity contribution is 5.95. The zero-order chi connectivity index (χ0) is 19.4. The topological polar surface area (TPSA) is 124 Å². The van der Waals surface area contributed by atoms with Crippen molar-refractivity contribution in [1.82, 2.24) is 15.5 Å². The molecule has 0 radical (unpaired) electrons. The van der Waals surface area contributed by atoms with Crippen molar-refractivity contribution in [2.24, 2.45) is 5.92 Å². The molecule has 1 aromatic carbocycles. The second-order valence-corrected chi connectivity index (χ2v) is 6.08. The molecule has 27 heavy (non-hydrogen) atoms. The van der Waals surface area contributed by atoms with Gasteiger partial charge in [-0.05, 0) is 24.1 Å². The third kappa shape index (κ3) is 4.02. The standard InChI is InChI=1S/C18H18N4O5/c1-3-11(2)15(18-20-16(21-27-18)14-8-5-9-26-14)19-17(23)12-6-4-7-13(10-12)22(24)25/h4-11,15H,3H2,1-2H3,(H,19,23)/t11-,15-/m0/s1. The van der Waals surface area contributed by atoms with Gasteiger partial charge in [-0.1, -0.05) is 31.5 Å². The van der Waals surface area contributed by atoms with E-state index in [-0.39, 0.29) is 28.9 Å². The molecule has 2 atom stereocenters. The average Bonchev–Trinajstić information content (AvgIpc) is 3.36. The number of rotatable bonds is 7. The van der Waals surface area contributed by atoms with E-state index >= 15 is 0 Å². The Morgan fingerprint density at radius 2 is 2.15 bits per heavy atom. The summed E-state index contributed by atoms with van der Waals surface area (Å²) in [4.78, 5) is 27.3. The molecule has 0 unspecified atom stereocenters. The van der Waals surface area contributed by atoms with Crippen LogP contribution in [-0.4, -0.2) is 21.0 Å². The number of furan rings is 1. The van der Waals surface area contributed by atoms with Crippen LogP contribution in [0.1, 0.15) is 42.6 Å². The zero-order valence-corrected chi connectivity index (χ0v) is 14.8. The van der Waals surface area contributed by atoms with E-state index in [1.54, 1.807) is 12.1 Å². The highest BCUT2D eigenvalue weighted by Gasteiger charge is 2.27. The van der Waals surface area contributed by atoms with E-state index in [1.165, 1.54) is 30.5 Å². The Bertz CT molecular complexity index is 935. The summed E-state index contributed by atoms with van der Waals surface area (Å²) in [5.74, 6) is 0.527. The fourth-order valence-corrected chi connectivity index (χ4v) is 2.54. The molecule has 0 aliphatic rings. The molecule has 1 amide bonds. The summed E-state index contributed by atoms with van der Waals surface area (Å²) < 4.78 is 10.6. The highest BCUT2D eigenvalue weighted by atomic mass is 16.6. The van der Waals surface area contributed by atoms with Crippen molar-refractivity contribution in [2.75, 3.05) is 0 Å². The van der Waals surface area contributed by atoms with Crippen molar-refractivity contribution in [3.63, 3.8) is 0 Å². The number of carbonyl (C=O) groups is 1. The normalized spacial score (nSPS) is 13.1. The van der Waals surface area contributed by atoms with E-state index in [0.717, 1.165) is 6.42 Å². The van der Waals surface area contributed by atoms with Gasteiger partial charge in [0.15, 0.2) is 5.76 Å². The molecule has 9 nitrogen and oxygen atoms in total. The summed E-state index contributed by atoms with van der Waals surface area (Å²) in [6.07, 6.45) is 2.25. The van der Waals surface area contributed by atoms with E-state index in [9.17, 15) is 14.9 Å². The molecule has 0 saturated heterocycles. The van der Waals surface area contributed by atoms with E-state index in [4.69, 9.17) is 8.94 Å². The molecule has 2 aromatic heterocycles. The lowest BCUT2D eigenvalue weighted by Crippen LogP contribution is -2.32. The molecular weight excluding hydrogens is 352 g/mol. The van der Waals surface area contributed by atoms with Crippen LogP contribution in [0.2, 0.25) is 0 Å². The first kappa shape index (κ1) is 18.3. The van der Waals surface area contributed by atoms with Crippen LogP contribution in [0.5, 0.6) is 0 Å². The summed E-state index contributed by atoms with van der Waals surface area (Å²) in [6, 6.07) is 8.40. The van der Waals surface area contributed by atoms with Crippen molar-refractivity contribution in [3.05, 3.63) is 64.2 Å². The number of non-ortho nitro benzene ring substituents is 1. The molecule has 0 spiro atoms. The largest absolute Gasteiger partial charge is 0.461 e. The number of benzene rings is 1. The highest BCUT2D eigenvalue weighted by Crippen LogP contribution is 2.26. The van der Waals surface area contributed by atoms with E-state index < -0.39 is 16.9 Å². The Morgan fingerprint density at radius 1 is 1.33 bits per heavy atom. The summed E-state index contributed by atoms with van der Waals surface area (Å²) in [5.41, 5.74) is 0.0314. The molecule has 0 aliphatic heterocycles. The lowest BCUT2D eigenvalue weighted by Gasteiger charge is -2.20. The van der Waals surface area contributed by atoms with Gasteiger partial charge in [0, 0.05) is 17.7 Å². The monoisotopic (exact) mass is 370 g/mol. The maximum atomic E-state index is 12.6. The van der Waals surface area contributed by atoms with Gasteiger partial charge >= 0.3 is 0 Å². The van der Waals surface area contributed by atoms with Crippen LogP contribution < -0.4 is 5.32 Å². The van der Waals surface area contributed by atoms with E-state index in [1.807, 2.05) is 13.8 Å². The van der Waals surface area contributed by atoms with Crippen molar-refractivity contribution in [1.29, 1.82) is 0 Å². The zero-order valence-electron chi connectivity index (χ0n) is 14.8. The number of nitro groups is 1. The average molecular weight is 370 g/mol. The summed E-state index contributed by atoms with van der Waals surface area (Å²) in [6.45, 7) is 3.91. The molecule has 9 heteroatoms. The number of carbonyl (C=O) groups excluding carboxylic acids is 1. The second-order valence-electron chi connectivity index (χ2n) is 6.08. The van der Waals surface area contributed by atoms with Crippen LogP contribution in [0.15, 0.2) is 51.6 Å². The van der Waals surface area contributed by atoms with Crippen molar-refractivity contribution >= 4 is 11.6 Å². The van der Waals surface area contributed by atoms with Crippen molar-refractivity contribution in [3.8, 4) is 11.6 Å². The summed E-state index contributed by atoms with van der Waals surface area (Å²) in [7, 11) is 0. The van der Waals surface area contributed by atoms with Crippen LogP contribution in [-0.2, 0) is 0 Å². The van der Waals surface area contributed by atoms with Gasteiger partial charge in [-0.25, -0.2) is 0 Å². The third-order valence-corrected chi connectivity index (χ3v) is 4.27. The molecule has 1 N–H and O–H groups in total. The molecular formula is C18H18N4O5. The van der Waals surface area contributed by atoms with E-state index in [2.05, 4.69) is 15.5 Å². The number of nitrogens with one attached hydrogen (secondary N) is 1. The Hall–Kier alpha value is -3.49. The number of aromatic nitrogens is 2. The minimum Gasteiger partial charge on any atom is -0.461 e. The van der Waals surface area contributed by atoms with Crippen LogP contribution in [0.4, 0.5) is 5.69 Å². The molecule has 0 aliphatic carbocycles. The minimum absolute atomic E-state index is 0.00227. The van der Waals surface area contributed by atoms with Crippen LogP contribution >= 0.6 is 0 Å². The van der Waals surface area contributed by atoms with Crippen LogP contribution in [0.25, 0.3) is 11.6 Å². The third-order valence-electron chi connectivity index (χ3n) is 4.27. The van der Waals surface area contributed by atoms with E-state index in [0.29, 0.717) is 5.76 Å². The quantitative estimate of drug-likeness (QED) is 0.496. The van der Waals surface area contributed by atoms with Gasteiger partial charge in [-0.2, -0.15) is 4.98 Å². The molecule has 3 rings (SSSR count). The van der Waals surface area contributed by atoms with Crippen LogP contribution in [0.3, 0.4) is 0 Å².